The van der Waals surface area contributed by atoms with Crippen LogP contribution in [0.3, 0.4) is 0 Å². The third-order valence-electron chi connectivity index (χ3n) is 5.01. The molecule has 0 aliphatic heterocycles. The van der Waals surface area contributed by atoms with Crippen molar-refractivity contribution >= 4 is 23.5 Å². The van der Waals surface area contributed by atoms with E-state index in [1.54, 1.807) is 31.4 Å². The summed E-state index contributed by atoms with van der Waals surface area (Å²) in [5.41, 5.74) is 0.211. The number of benzene rings is 2. The second-order valence-electron chi connectivity index (χ2n) is 7.01. The van der Waals surface area contributed by atoms with Gasteiger partial charge in [0, 0.05) is 16.8 Å². The SMILES string of the molecule is COC(=O)C(C(=O)c1ncccc1SCc1ccc(OC)cc1)c1cc(F)c(F)c(F)c1C. The number of aromatic nitrogens is 1. The number of carbonyl (C=O) groups is 2. The van der Waals surface area contributed by atoms with Crippen molar-refractivity contribution in [3.8, 4) is 5.75 Å². The Labute approximate surface area is 192 Å². The van der Waals surface area contributed by atoms with Gasteiger partial charge < -0.3 is 9.47 Å². The molecule has 0 radical (unpaired) electrons. The highest BCUT2D eigenvalue weighted by Gasteiger charge is 2.35. The smallest absolute Gasteiger partial charge is 0.321 e. The lowest BCUT2D eigenvalue weighted by molar-refractivity contribution is -0.141. The monoisotopic (exact) mass is 475 g/mol. The normalized spacial score (nSPS) is 11.7. The number of carbonyl (C=O) groups excluding carboxylic acids is 2. The number of ether oxygens (including phenoxy) is 2. The molecule has 0 saturated carbocycles. The Bertz CT molecular complexity index is 1190. The van der Waals surface area contributed by atoms with Crippen LogP contribution in [-0.4, -0.2) is 31.0 Å². The minimum absolute atomic E-state index is 0.0593. The number of hydrogen-bond acceptors (Lipinski definition) is 6. The highest BCUT2D eigenvalue weighted by molar-refractivity contribution is 7.98. The second-order valence-corrected chi connectivity index (χ2v) is 8.03. The van der Waals surface area contributed by atoms with Crippen molar-refractivity contribution in [1.29, 1.82) is 0 Å². The fourth-order valence-corrected chi connectivity index (χ4v) is 4.19. The Balaban J connectivity index is 1.97. The summed E-state index contributed by atoms with van der Waals surface area (Å²) in [4.78, 5) is 30.5. The van der Waals surface area contributed by atoms with Gasteiger partial charge in [0.1, 0.15) is 17.4 Å². The minimum Gasteiger partial charge on any atom is -0.497 e. The van der Waals surface area contributed by atoms with E-state index in [0.717, 1.165) is 19.6 Å². The molecular weight excluding hydrogens is 455 g/mol. The first-order valence-electron chi connectivity index (χ1n) is 9.75. The molecule has 33 heavy (non-hydrogen) atoms. The van der Waals surface area contributed by atoms with Crippen LogP contribution in [-0.2, 0) is 15.3 Å². The van der Waals surface area contributed by atoms with Crippen molar-refractivity contribution < 1.29 is 32.2 Å². The molecule has 0 fully saturated rings. The van der Waals surface area contributed by atoms with E-state index in [0.29, 0.717) is 22.5 Å². The number of halogens is 3. The number of Topliss-reactive ketones (excluding diaryl/α,β-unsaturated/α-hetero) is 1. The molecule has 9 heteroatoms. The minimum atomic E-state index is -1.71. The zero-order valence-electron chi connectivity index (χ0n) is 18.0. The van der Waals surface area contributed by atoms with Crippen molar-refractivity contribution in [3.05, 3.63) is 88.5 Å². The van der Waals surface area contributed by atoms with Gasteiger partial charge in [-0.05, 0) is 53.9 Å². The van der Waals surface area contributed by atoms with E-state index in [1.807, 2.05) is 12.1 Å². The summed E-state index contributed by atoms with van der Waals surface area (Å²) in [5.74, 6) is -7.03. The van der Waals surface area contributed by atoms with Gasteiger partial charge in [-0.2, -0.15) is 0 Å². The van der Waals surface area contributed by atoms with E-state index in [-0.39, 0.29) is 16.8 Å². The van der Waals surface area contributed by atoms with E-state index in [2.05, 4.69) is 4.98 Å². The summed E-state index contributed by atoms with van der Waals surface area (Å²) >= 11 is 1.30. The molecule has 0 amide bonds. The van der Waals surface area contributed by atoms with Gasteiger partial charge >= 0.3 is 5.97 Å². The molecule has 0 aliphatic carbocycles. The molecule has 1 atom stereocenters. The maximum absolute atomic E-state index is 14.2. The number of thioether (sulfide) groups is 1. The molecule has 0 saturated heterocycles. The fourth-order valence-electron chi connectivity index (χ4n) is 3.21. The lowest BCUT2D eigenvalue weighted by Gasteiger charge is -2.18. The Morgan fingerprint density at radius 1 is 1.06 bits per heavy atom. The molecule has 5 nitrogen and oxygen atoms in total. The topological polar surface area (TPSA) is 65.5 Å². The Morgan fingerprint density at radius 3 is 2.39 bits per heavy atom. The maximum Gasteiger partial charge on any atom is 0.321 e. The van der Waals surface area contributed by atoms with Gasteiger partial charge in [-0.25, -0.2) is 13.2 Å². The van der Waals surface area contributed by atoms with Crippen molar-refractivity contribution in [2.24, 2.45) is 0 Å². The number of ketones is 1. The molecule has 1 aromatic heterocycles. The molecule has 0 N–H and O–H groups in total. The highest BCUT2D eigenvalue weighted by atomic mass is 32.2. The molecule has 0 aliphatic rings. The zero-order valence-corrected chi connectivity index (χ0v) is 18.8. The summed E-state index contributed by atoms with van der Waals surface area (Å²) in [6, 6.07) is 11.3. The molecule has 0 spiro atoms. The third kappa shape index (κ3) is 5.19. The average molecular weight is 475 g/mol. The summed E-state index contributed by atoms with van der Waals surface area (Å²) in [6.07, 6.45) is 1.37. The molecule has 1 unspecified atom stereocenters. The van der Waals surface area contributed by atoms with Gasteiger partial charge in [-0.1, -0.05) is 12.1 Å². The first-order chi connectivity index (χ1) is 15.8. The van der Waals surface area contributed by atoms with Gasteiger partial charge in [0.05, 0.1) is 14.2 Å². The molecule has 3 rings (SSSR count). The van der Waals surface area contributed by atoms with Crippen molar-refractivity contribution in [2.45, 2.75) is 23.5 Å². The van der Waals surface area contributed by atoms with Gasteiger partial charge in [0.15, 0.2) is 17.5 Å². The quantitative estimate of drug-likeness (QED) is 0.146. The Hall–Kier alpha value is -3.33. The van der Waals surface area contributed by atoms with Gasteiger partial charge in [0.2, 0.25) is 5.78 Å². The van der Waals surface area contributed by atoms with Gasteiger partial charge in [-0.15, -0.1) is 11.8 Å². The number of esters is 1. The van der Waals surface area contributed by atoms with E-state index >= 15 is 0 Å². The predicted octanol–water partition coefficient (Wildman–Crippen LogP) is 5.25. The molecule has 1 heterocycles. The zero-order chi connectivity index (χ0) is 24.1. The van der Waals surface area contributed by atoms with Crippen molar-refractivity contribution in [3.63, 3.8) is 0 Å². The predicted molar refractivity (Wildman–Crippen MR) is 117 cm³/mol. The first-order valence-corrected chi connectivity index (χ1v) is 10.7. The fraction of sp³-hybridized carbons (Fsp3) is 0.208. The van der Waals surface area contributed by atoms with Crippen molar-refractivity contribution in [1.82, 2.24) is 4.98 Å². The van der Waals surface area contributed by atoms with E-state index in [4.69, 9.17) is 9.47 Å². The van der Waals surface area contributed by atoms with Gasteiger partial charge in [-0.3, -0.25) is 14.6 Å². The van der Waals surface area contributed by atoms with Crippen LogP contribution < -0.4 is 4.74 Å². The lowest BCUT2D eigenvalue weighted by Crippen LogP contribution is -2.26. The van der Waals surface area contributed by atoms with Crippen LogP contribution in [0.2, 0.25) is 0 Å². The maximum atomic E-state index is 14.2. The highest BCUT2D eigenvalue weighted by Crippen LogP contribution is 2.33. The van der Waals surface area contributed by atoms with Crippen molar-refractivity contribution in [2.75, 3.05) is 14.2 Å². The van der Waals surface area contributed by atoms with Crippen LogP contribution in [0.15, 0.2) is 53.6 Å². The summed E-state index contributed by atoms with van der Waals surface area (Å²) in [7, 11) is 2.61. The number of pyridine rings is 1. The van der Waals surface area contributed by atoms with Crippen LogP contribution in [0, 0.1) is 24.4 Å². The van der Waals surface area contributed by atoms with Crippen LogP contribution in [0.5, 0.6) is 5.75 Å². The largest absolute Gasteiger partial charge is 0.497 e. The summed E-state index contributed by atoms with van der Waals surface area (Å²) in [5, 5.41) is 0. The molecular formula is C24H20F3NO4S. The first kappa shape index (κ1) is 24.3. The van der Waals surface area contributed by atoms with Gasteiger partial charge in [0.25, 0.3) is 0 Å². The van der Waals surface area contributed by atoms with E-state index in [1.165, 1.54) is 18.0 Å². The Morgan fingerprint density at radius 2 is 1.76 bits per heavy atom. The molecule has 0 bridgehead atoms. The molecule has 3 aromatic rings. The molecule has 2 aromatic carbocycles. The van der Waals surface area contributed by atoms with Crippen LogP contribution >= 0.6 is 11.8 Å². The lowest BCUT2D eigenvalue weighted by atomic mass is 9.89. The summed E-state index contributed by atoms with van der Waals surface area (Å²) < 4.78 is 51.6. The number of methoxy groups -OCH3 is 2. The Kier molecular flexibility index (Phi) is 7.75. The van der Waals surface area contributed by atoms with Crippen LogP contribution in [0.4, 0.5) is 13.2 Å². The summed E-state index contributed by atoms with van der Waals surface area (Å²) in [6.45, 7) is 1.16. The average Bonchev–Trinajstić information content (AvgIpc) is 2.84. The third-order valence-corrected chi connectivity index (χ3v) is 6.13. The van der Waals surface area contributed by atoms with Crippen LogP contribution in [0.25, 0.3) is 0 Å². The van der Waals surface area contributed by atoms with E-state index in [9.17, 15) is 22.8 Å². The number of nitrogens with zero attached hydrogens (tertiary/aromatic N) is 1. The second kappa shape index (κ2) is 10.5. The number of rotatable bonds is 8. The van der Waals surface area contributed by atoms with E-state index < -0.39 is 35.1 Å². The van der Waals surface area contributed by atoms with Crippen LogP contribution in [0.1, 0.15) is 33.1 Å². The number of hydrogen-bond donors (Lipinski definition) is 0. The standard InChI is InChI=1S/C24H20F3NO4S/c1-13-16(11-17(25)21(27)20(13)26)19(24(30)32-3)23(29)22-18(5-4-10-28-22)33-12-14-6-8-15(31-2)9-7-14/h4-11,19H,12H2,1-3H3. The molecule has 172 valence electrons.